The summed E-state index contributed by atoms with van der Waals surface area (Å²) in [5.41, 5.74) is 5.58. The lowest BCUT2D eigenvalue weighted by Crippen LogP contribution is -2.44. The maximum Gasteiger partial charge on any atom is 0.180 e. The summed E-state index contributed by atoms with van der Waals surface area (Å²) in [6.07, 6.45) is 0. The van der Waals surface area contributed by atoms with Gasteiger partial charge in [-0.05, 0) is 13.8 Å². The Bertz CT molecular complexity index is 97.2. The van der Waals surface area contributed by atoms with Gasteiger partial charge in [0.25, 0.3) is 0 Å². The molecule has 1 aliphatic rings. The molecule has 0 radical (unpaired) electrons. The molecule has 0 amide bonds. The van der Waals surface area contributed by atoms with Crippen molar-refractivity contribution >= 4 is 0 Å². The van der Waals surface area contributed by atoms with Gasteiger partial charge in [0.2, 0.25) is 0 Å². The quantitative estimate of drug-likeness (QED) is 0.548. The molecule has 0 aromatic rings. The number of rotatable bonds is 1. The van der Waals surface area contributed by atoms with E-state index in [1.807, 2.05) is 13.8 Å². The maximum atomic E-state index is 5.58. The van der Waals surface area contributed by atoms with Crippen LogP contribution < -0.4 is 5.73 Å². The van der Waals surface area contributed by atoms with E-state index in [-0.39, 0.29) is 6.04 Å². The van der Waals surface area contributed by atoms with Crippen molar-refractivity contribution in [2.24, 2.45) is 5.73 Å². The fourth-order valence-electron chi connectivity index (χ4n) is 0.793. The Balaban J connectivity index is 2.51. The van der Waals surface area contributed by atoms with Crippen LogP contribution in [-0.4, -0.2) is 25.0 Å². The van der Waals surface area contributed by atoms with Gasteiger partial charge in [-0.2, -0.15) is 0 Å². The summed E-state index contributed by atoms with van der Waals surface area (Å²) in [5, 5.41) is 0. The van der Waals surface area contributed by atoms with Crippen LogP contribution in [0, 0.1) is 0 Å². The molecule has 0 saturated carbocycles. The molecule has 1 heterocycles. The average molecular weight is 131 g/mol. The SMILES string of the molecule is CC(N)C1(C)OCCO1. The van der Waals surface area contributed by atoms with Crippen LogP contribution in [0.1, 0.15) is 13.8 Å². The van der Waals surface area contributed by atoms with Gasteiger partial charge in [-0.25, -0.2) is 0 Å². The zero-order valence-corrected chi connectivity index (χ0v) is 5.89. The highest BCUT2D eigenvalue weighted by Gasteiger charge is 2.34. The molecule has 0 bridgehead atoms. The molecule has 1 rings (SSSR count). The van der Waals surface area contributed by atoms with E-state index in [4.69, 9.17) is 15.2 Å². The molecule has 3 heteroatoms. The smallest absolute Gasteiger partial charge is 0.180 e. The molecule has 1 saturated heterocycles. The van der Waals surface area contributed by atoms with Crippen LogP contribution in [0.2, 0.25) is 0 Å². The van der Waals surface area contributed by atoms with E-state index in [0.717, 1.165) is 0 Å². The summed E-state index contributed by atoms with van der Waals surface area (Å²) in [6.45, 7) is 5.08. The molecule has 0 spiro atoms. The van der Waals surface area contributed by atoms with Gasteiger partial charge in [0.1, 0.15) is 0 Å². The minimum absolute atomic E-state index is 0.0556. The summed E-state index contributed by atoms with van der Waals surface area (Å²) in [6, 6.07) is -0.0556. The van der Waals surface area contributed by atoms with Gasteiger partial charge in [-0.15, -0.1) is 0 Å². The standard InChI is InChI=1S/C6H13NO2/c1-5(7)6(2)8-3-4-9-6/h5H,3-4,7H2,1-2H3. The van der Waals surface area contributed by atoms with Crippen molar-refractivity contribution in [3.8, 4) is 0 Å². The van der Waals surface area contributed by atoms with E-state index in [9.17, 15) is 0 Å². The van der Waals surface area contributed by atoms with Crippen LogP contribution in [0.25, 0.3) is 0 Å². The van der Waals surface area contributed by atoms with Gasteiger partial charge in [0.05, 0.1) is 19.3 Å². The Morgan fingerprint density at radius 1 is 1.44 bits per heavy atom. The molecule has 0 aromatic carbocycles. The van der Waals surface area contributed by atoms with Crippen LogP contribution in [0.5, 0.6) is 0 Å². The lowest BCUT2D eigenvalue weighted by atomic mass is 10.2. The number of hydrogen-bond acceptors (Lipinski definition) is 3. The minimum atomic E-state index is -0.528. The first-order chi connectivity index (χ1) is 4.15. The molecule has 1 aliphatic heterocycles. The van der Waals surface area contributed by atoms with E-state index < -0.39 is 5.79 Å². The van der Waals surface area contributed by atoms with Crippen LogP contribution in [0.3, 0.4) is 0 Å². The highest BCUT2D eigenvalue weighted by molar-refractivity contribution is 4.77. The molecular formula is C6H13NO2. The largest absolute Gasteiger partial charge is 0.346 e. The fraction of sp³-hybridized carbons (Fsp3) is 1.00. The third-order valence-electron chi connectivity index (χ3n) is 1.69. The molecule has 0 aromatic heterocycles. The summed E-state index contributed by atoms with van der Waals surface area (Å²) in [5.74, 6) is -0.528. The normalized spacial score (nSPS) is 28.3. The Kier molecular flexibility index (Phi) is 1.75. The summed E-state index contributed by atoms with van der Waals surface area (Å²) >= 11 is 0. The zero-order chi connectivity index (χ0) is 6.91. The Morgan fingerprint density at radius 2 is 1.89 bits per heavy atom. The summed E-state index contributed by atoms with van der Waals surface area (Å²) in [7, 11) is 0. The van der Waals surface area contributed by atoms with Crippen molar-refractivity contribution in [2.45, 2.75) is 25.7 Å². The van der Waals surface area contributed by atoms with Gasteiger partial charge in [0, 0.05) is 0 Å². The molecule has 3 nitrogen and oxygen atoms in total. The number of ether oxygens (including phenoxy) is 2. The van der Waals surface area contributed by atoms with Crippen molar-refractivity contribution < 1.29 is 9.47 Å². The number of hydrogen-bond donors (Lipinski definition) is 1. The average Bonchev–Trinajstić information content (AvgIpc) is 2.16. The maximum absolute atomic E-state index is 5.58. The molecule has 54 valence electrons. The van der Waals surface area contributed by atoms with E-state index in [2.05, 4.69) is 0 Å². The first kappa shape index (κ1) is 6.99. The van der Waals surface area contributed by atoms with Gasteiger partial charge < -0.3 is 15.2 Å². The van der Waals surface area contributed by atoms with Crippen molar-refractivity contribution in [3.63, 3.8) is 0 Å². The molecule has 2 N–H and O–H groups in total. The third-order valence-corrected chi connectivity index (χ3v) is 1.69. The molecule has 9 heavy (non-hydrogen) atoms. The fourth-order valence-corrected chi connectivity index (χ4v) is 0.793. The van der Waals surface area contributed by atoms with E-state index >= 15 is 0 Å². The second-order valence-electron chi connectivity index (χ2n) is 2.50. The van der Waals surface area contributed by atoms with E-state index in [0.29, 0.717) is 13.2 Å². The highest BCUT2D eigenvalue weighted by atomic mass is 16.7. The molecule has 1 unspecified atom stereocenters. The number of nitrogens with two attached hydrogens (primary N) is 1. The third kappa shape index (κ3) is 1.23. The zero-order valence-electron chi connectivity index (χ0n) is 5.89. The van der Waals surface area contributed by atoms with Crippen LogP contribution in [-0.2, 0) is 9.47 Å². The second kappa shape index (κ2) is 2.25. The van der Waals surface area contributed by atoms with Gasteiger partial charge in [-0.3, -0.25) is 0 Å². The monoisotopic (exact) mass is 131 g/mol. The predicted octanol–water partition coefficient (Wildman–Crippen LogP) is 0.0966. The first-order valence-electron chi connectivity index (χ1n) is 3.18. The minimum Gasteiger partial charge on any atom is -0.346 e. The summed E-state index contributed by atoms with van der Waals surface area (Å²) < 4.78 is 10.5. The topological polar surface area (TPSA) is 44.5 Å². The lowest BCUT2D eigenvalue weighted by molar-refractivity contribution is -0.154. The van der Waals surface area contributed by atoms with Crippen LogP contribution in [0.15, 0.2) is 0 Å². The van der Waals surface area contributed by atoms with E-state index in [1.54, 1.807) is 0 Å². The predicted molar refractivity (Wildman–Crippen MR) is 34.0 cm³/mol. The summed E-state index contributed by atoms with van der Waals surface area (Å²) in [4.78, 5) is 0. The lowest BCUT2D eigenvalue weighted by Gasteiger charge is -2.25. The van der Waals surface area contributed by atoms with Crippen molar-refractivity contribution in [3.05, 3.63) is 0 Å². The molecule has 0 aliphatic carbocycles. The van der Waals surface area contributed by atoms with Gasteiger partial charge in [-0.1, -0.05) is 0 Å². The first-order valence-corrected chi connectivity index (χ1v) is 3.18. The van der Waals surface area contributed by atoms with Crippen LogP contribution >= 0.6 is 0 Å². The molecular weight excluding hydrogens is 118 g/mol. The Labute approximate surface area is 55.1 Å². The van der Waals surface area contributed by atoms with Gasteiger partial charge in [0.15, 0.2) is 5.79 Å². The van der Waals surface area contributed by atoms with E-state index in [1.165, 1.54) is 0 Å². The van der Waals surface area contributed by atoms with Crippen LogP contribution in [0.4, 0.5) is 0 Å². The highest BCUT2D eigenvalue weighted by Crippen LogP contribution is 2.20. The Hall–Kier alpha value is -0.120. The molecule has 1 atom stereocenters. The second-order valence-corrected chi connectivity index (χ2v) is 2.50. The van der Waals surface area contributed by atoms with Crippen molar-refractivity contribution in [1.82, 2.24) is 0 Å². The Morgan fingerprint density at radius 3 is 2.11 bits per heavy atom. The van der Waals surface area contributed by atoms with Gasteiger partial charge >= 0.3 is 0 Å². The van der Waals surface area contributed by atoms with Crippen molar-refractivity contribution in [1.29, 1.82) is 0 Å². The molecule has 1 fully saturated rings. The van der Waals surface area contributed by atoms with Crippen molar-refractivity contribution in [2.75, 3.05) is 13.2 Å².